The molecule has 2 aliphatic rings. The molecule has 2 fully saturated rings. The van der Waals surface area contributed by atoms with Gasteiger partial charge in [-0.1, -0.05) is 52.4 Å². The van der Waals surface area contributed by atoms with Gasteiger partial charge in [-0.15, -0.1) is 0 Å². The summed E-state index contributed by atoms with van der Waals surface area (Å²) in [5, 5.41) is 0. The Bertz CT molecular complexity index is 238. The molecule has 0 bridgehead atoms. The average Bonchev–Trinajstić information content (AvgIpc) is 2.57. The van der Waals surface area contributed by atoms with Gasteiger partial charge in [-0.3, -0.25) is 0 Å². The standard InChI is InChI=1S/C17H38N2Si2/c1-3-18(16-11-7-5-8-12-16)20-15-21-19(4-2)17-13-9-6-10-14-17/h16-17H,3-15,20-21H2,1-2H3. The van der Waals surface area contributed by atoms with Crippen LogP contribution in [0.15, 0.2) is 0 Å². The highest BCUT2D eigenvalue weighted by Crippen LogP contribution is 2.23. The van der Waals surface area contributed by atoms with E-state index < -0.39 is 0 Å². The largest absolute Gasteiger partial charge is 0.327 e. The van der Waals surface area contributed by atoms with Crippen molar-refractivity contribution < 1.29 is 0 Å². The van der Waals surface area contributed by atoms with Gasteiger partial charge in [0.15, 0.2) is 0 Å². The summed E-state index contributed by atoms with van der Waals surface area (Å²) >= 11 is 0. The Morgan fingerprint density at radius 3 is 1.38 bits per heavy atom. The van der Waals surface area contributed by atoms with Crippen molar-refractivity contribution in [3.63, 3.8) is 0 Å². The zero-order chi connectivity index (χ0) is 14.9. The molecule has 21 heavy (non-hydrogen) atoms. The van der Waals surface area contributed by atoms with Crippen molar-refractivity contribution in [3.8, 4) is 0 Å². The van der Waals surface area contributed by atoms with Crippen molar-refractivity contribution in [2.75, 3.05) is 13.1 Å². The van der Waals surface area contributed by atoms with Crippen LogP contribution in [0.2, 0.25) is 5.67 Å². The number of hydrogen-bond donors (Lipinski definition) is 0. The summed E-state index contributed by atoms with van der Waals surface area (Å²) in [7, 11) is 0.0923. The molecule has 0 aliphatic heterocycles. The van der Waals surface area contributed by atoms with E-state index in [9.17, 15) is 0 Å². The van der Waals surface area contributed by atoms with E-state index >= 15 is 0 Å². The SMILES string of the molecule is CCN([SiH2]C[SiH2]N(CC)C1CCCCC1)C1CCCCC1. The molecule has 0 N–H and O–H groups in total. The second-order valence-corrected chi connectivity index (χ2v) is 12.5. The monoisotopic (exact) mass is 326 g/mol. The van der Waals surface area contributed by atoms with Crippen LogP contribution in [0.4, 0.5) is 0 Å². The molecule has 0 aromatic carbocycles. The van der Waals surface area contributed by atoms with Crippen LogP contribution in [0.25, 0.3) is 0 Å². The van der Waals surface area contributed by atoms with Crippen molar-refractivity contribution in [1.82, 2.24) is 9.13 Å². The molecule has 0 amide bonds. The van der Waals surface area contributed by atoms with Gasteiger partial charge in [0.25, 0.3) is 0 Å². The smallest absolute Gasteiger partial charge is 0.0935 e. The van der Waals surface area contributed by atoms with Crippen LogP contribution in [-0.4, -0.2) is 53.7 Å². The molecule has 0 radical (unpaired) electrons. The summed E-state index contributed by atoms with van der Waals surface area (Å²) in [6.07, 6.45) is 15.0. The Labute approximate surface area is 137 Å². The highest BCUT2D eigenvalue weighted by Gasteiger charge is 2.22. The summed E-state index contributed by atoms with van der Waals surface area (Å²) in [5.74, 6) is 0. The van der Waals surface area contributed by atoms with Gasteiger partial charge in [-0.05, 0) is 44.4 Å². The van der Waals surface area contributed by atoms with E-state index in [1.54, 1.807) is 5.67 Å². The maximum absolute atomic E-state index is 2.95. The van der Waals surface area contributed by atoms with E-state index in [-0.39, 0.29) is 19.4 Å². The maximum atomic E-state index is 2.95. The Hall–Kier alpha value is 0.354. The quantitative estimate of drug-likeness (QED) is 0.633. The van der Waals surface area contributed by atoms with Crippen LogP contribution in [-0.2, 0) is 0 Å². The van der Waals surface area contributed by atoms with Crippen molar-refractivity contribution >= 4 is 19.4 Å². The minimum absolute atomic E-state index is 0.0461. The molecule has 0 aromatic heterocycles. The topological polar surface area (TPSA) is 6.48 Å². The predicted molar refractivity (Wildman–Crippen MR) is 100 cm³/mol. The highest BCUT2D eigenvalue weighted by molar-refractivity contribution is 6.52. The zero-order valence-electron chi connectivity index (χ0n) is 14.7. The highest BCUT2D eigenvalue weighted by atomic mass is 28.3. The lowest BCUT2D eigenvalue weighted by Gasteiger charge is -2.36. The molecule has 4 heteroatoms. The molecular weight excluding hydrogens is 288 g/mol. The molecule has 2 nitrogen and oxygen atoms in total. The molecule has 0 unspecified atom stereocenters. The van der Waals surface area contributed by atoms with E-state index in [1.807, 2.05) is 0 Å². The molecule has 2 aliphatic carbocycles. The molecule has 0 heterocycles. The van der Waals surface area contributed by atoms with Crippen LogP contribution in [0.3, 0.4) is 0 Å². The third kappa shape index (κ3) is 5.81. The summed E-state index contributed by atoms with van der Waals surface area (Å²) in [4.78, 5) is 0. The van der Waals surface area contributed by atoms with Crippen molar-refractivity contribution in [2.24, 2.45) is 0 Å². The first-order chi connectivity index (χ1) is 10.3. The molecule has 2 saturated carbocycles. The van der Waals surface area contributed by atoms with Gasteiger partial charge < -0.3 is 9.13 Å². The van der Waals surface area contributed by atoms with Gasteiger partial charge in [0, 0.05) is 12.1 Å². The van der Waals surface area contributed by atoms with Gasteiger partial charge in [0.1, 0.15) is 0 Å². The fraction of sp³-hybridized carbons (Fsp3) is 1.00. The number of rotatable bonds is 8. The summed E-state index contributed by atoms with van der Waals surface area (Å²) in [6.45, 7) is 7.48. The summed E-state index contributed by atoms with van der Waals surface area (Å²) in [6, 6.07) is 1.96. The van der Waals surface area contributed by atoms with Gasteiger partial charge in [-0.25, -0.2) is 0 Å². The first-order valence-electron chi connectivity index (χ1n) is 9.83. The van der Waals surface area contributed by atoms with Crippen LogP contribution in [0, 0.1) is 0 Å². The van der Waals surface area contributed by atoms with Gasteiger partial charge in [0.05, 0.1) is 19.4 Å². The van der Waals surface area contributed by atoms with Crippen LogP contribution in [0.5, 0.6) is 0 Å². The minimum Gasteiger partial charge on any atom is -0.327 e. The molecule has 0 aromatic rings. The van der Waals surface area contributed by atoms with Crippen LogP contribution < -0.4 is 0 Å². The normalized spacial score (nSPS) is 23.4. The van der Waals surface area contributed by atoms with Gasteiger partial charge >= 0.3 is 0 Å². The number of hydrogen-bond acceptors (Lipinski definition) is 2. The second kappa shape index (κ2) is 10.2. The maximum Gasteiger partial charge on any atom is 0.0935 e. The summed E-state index contributed by atoms with van der Waals surface area (Å²) < 4.78 is 5.89. The molecule has 0 atom stereocenters. The third-order valence-electron chi connectivity index (χ3n) is 5.89. The number of nitrogens with zero attached hydrogens (tertiary/aromatic N) is 2. The van der Waals surface area contributed by atoms with Crippen molar-refractivity contribution in [1.29, 1.82) is 0 Å². The zero-order valence-corrected chi connectivity index (χ0v) is 17.5. The molecule has 2 rings (SSSR count). The summed E-state index contributed by atoms with van der Waals surface area (Å²) in [5.41, 5.74) is 1.65. The average molecular weight is 327 g/mol. The molecule has 0 spiro atoms. The van der Waals surface area contributed by atoms with E-state index in [2.05, 4.69) is 23.0 Å². The first kappa shape index (κ1) is 17.7. The third-order valence-corrected chi connectivity index (χ3v) is 11.5. The van der Waals surface area contributed by atoms with Gasteiger partial charge in [0.2, 0.25) is 0 Å². The molecular formula is C17H38N2Si2. The fourth-order valence-electron chi connectivity index (χ4n) is 4.57. The van der Waals surface area contributed by atoms with Crippen LogP contribution >= 0.6 is 0 Å². The van der Waals surface area contributed by atoms with Gasteiger partial charge in [-0.2, -0.15) is 0 Å². The molecule has 124 valence electrons. The predicted octanol–water partition coefficient (Wildman–Crippen LogP) is 2.84. The fourth-order valence-corrected chi connectivity index (χ4v) is 10.5. The lowest BCUT2D eigenvalue weighted by molar-refractivity contribution is 0.261. The Morgan fingerprint density at radius 2 is 1.05 bits per heavy atom. The second-order valence-electron chi connectivity index (χ2n) is 7.19. The Kier molecular flexibility index (Phi) is 8.59. The van der Waals surface area contributed by atoms with E-state index in [4.69, 9.17) is 0 Å². The van der Waals surface area contributed by atoms with E-state index in [0.717, 1.165) is 12.1 Å². The minimum atomic E-state index is 0.0461. The first-order valence-corrected chi connectivity index (χ1v) is 13.1. The lowest BCUT2D eigenvalue weighted by atomic mass is 9.95. The van der Waals surface area contributed by atoms with E-state index in [0.29, 0.717) is 0 Å². The van der Waals surface area contributed by atoms with Crippen LogP contribution in [0.1, 0.15) is 78.1 Å². The lowest BCUT2D eigenvalue weighted by Crippen LogP contribution is -2.43. The van der Waals surface area contributed by atoms with Crippen molar-refractivity contribution in [3.05, 3.63) is 0 Å². The molecule has 0 saturated heterocycles. The van der Waals surface area contributed by atoms with Crippen molar-refractivity contribution in [2.45, 2.75) is 95.8 Å². The Balaban J connectivity index is 1.69. The van der Waals surface area contributed by atoms with E-state index in [1.165, 1.54) is 77.3 Å². The Morgan fingerprint density at radius 1 is 0.667 bits per heavy atom.